The van der Waals surface area contributed by atoms with Crippen molar-refractivity contribution in [2.45, 2.75) is 19.4 Å². The van der Waals surface area contributed by atoms with E-state index in [9.17, 15) is 4.79 Å². The molecule has 2 aromatic heterocycles. The Kier molecular flexibility index (Phi) is 3.43. The molecule has 108 valence electrons. The van der Waals surface area contributed by atoms with Crippen LogP contribution in [0.15, 0.2) is 36.5 Å². The van der Waals surface area contributed by atoms with E-state index in [1.807, 2.05) is 44.3 Å². The van der Waals surface area contributed by atoms with E-state index in [0.717, 1.165) is 23.0 Å². The van der Waals surface area contributed by atoms with Crippen LogP contribution in [0.2, 0.25) is 0 Å². The van der Waals surface area contributed by atoms with Crippen LogP contribution in [0.5, 0.6) is 0 Å². The second kappa shape index (κ2) is 5.40. The van der Waals surface area contributed by atoms with Gasteiger partial charge in [0.15, 0.2) is 5.69 Å². The van der Waals surface area contributed by atoms with Crippen molar-refractivity contribution in [1.82, 2.24) is 25.3 Å². The van der Waals surface area contributed by atoms with Gasteiger partial charge in [0, 0.05) is 18.6 Å². The Morgan fingerprint density at radius 3 is 2.90 bits per heavy atom. The van der Waals surface area contributed by atoms with E-state index in [0.29, 0.717) is 5.69 Å². The molecule has 3 rings (SSSR count). The molecule has 0 aliphatic heterocycles. The third-order valence-corrected chi connectivity index (χ3v) is 3.61. The molecule has 0 saturated heterocycles. The largest absolute Gasteiger partial charge is 0.342 e. The monoisotopic (exact) mass is 283 g/mol. The molecule has 2 heterocycles. The molecule has 0 bridgehead atoms. The van der Waals surface area contributed by atoms with E-state index in [4.69, 9.17) is 0 Å². The molecule has 1 aromatic carbocycles. The number of carbonyl (C=O) groups is 1. The van der Waals surface area contributed by atoms with Gasteiger partial charge in [-0.15, -0.1) is 0 Å². The van der Waals surface area contributed by atoms with Gasteiger partial charge in [0.25, 0.3) is 5.91 Å². The van der Waals surface area contributed by atoms with Crippen molar-refractivity contribution < 1.29 is 4.79 Å². The number of para-hydroxylation sites is 1. The number of aryl methyl sites for hydroxylation is 1. The standard InChI is InChI=1S/C15H17N5O/c1-3-11(13-8-9-16-20(13)2)17-15(21)14-10-6-4-5-7-12(10)18-19-14/h4-9,11H,3H2,1-2H3,(H,17,21)(H,18,19). The van der Waals surface area contributed by atoms with Crippen LogP contribution in [0.25, 0.3) is 10.9 Å². The van der Waals surface area contributed by atoms with Crippen LogP contribution in [-0.4, -0.2) is 25.9 Å². The Labute approximate surface area is 122 Å². The number of aromatic amines is 1. The van der Waals surface area contributed by atoms with Crippen molar-refractivity contribution in [3.8, 4) is 0 Å². The summed E-state index contributed by atoms with van der Waals surface area (Å²) in [6.07, 6.45) is 2.52. The van der Waals surface area contributed by atoms with Crippen molar-refractivity contribution >= 4 is 16.8 Å². The molecule has 0 radical (unpaired) electrons. The maximum absolute atomic E-state index is 12.5. The normalized spacial score (nSPS) is 12.5. The zero-order valence-electron chi connectivity index (χ0n) is 12.0. The Hall–Kier alpha value is -2.63. The van der Waals surface area contributed by atoms with Crippen LogP contribution in [-0.2, 0) is 7.05 Å². The minimum Gasteiger partial charge on any atom is -0.342 e. The summed E-state index contributed by atoms with van der Waals surface area (Å²) in [7, 11) is 1.87. The molecule has 6 heteroatoms. The minimum absolute atomic E-state index is 0.0829. The quantitative estimate of drug-likeness (QED) is 0.770. The number of hydrogen-bond donors (Lipinski definition) is 2. The van der Waals surface area contributed by atoms with Gasteiger partial charge in [-0.05, 0) is 18.6 Å². The van der Waals surface area contributed by atoms with Gasteiger partial charge in [0.05, 0.1) is 17.3 Å². The zero-order chi connectivity index (χ0) is 14.8. The summed E-state index contributed by atoms with van der Waals surface area (Å²) in [5, 5.41) is 15.0. The van der Waals surface area contributed by atoms with Crippen LogP contribution in [0, 0.1) is 0 Å². The predicted molar refractivity (Wildman–Crippen MR) is 79.8 cm³/mol. The Bertz CT molecular complexity index is 773. The fraction of sp³-hybridized carbons (Fsp3) is 0.267. The minimum atomic E-state index is -0.180. The van der Waals surface area contributed by atoms with Crippen molar-refractivity contribution in [3.05, 3.63) is 47.9 Å². The summed E-state index contributed by atoms with van der Waals surface area (Å²) in [6.45, 7) is 2.03. The third-order valence-electron chi connectivity index (χ3n) is 3.61. The van der Waals surface area contributed by atoms with Crippen molar-refractivity contribution in [2.24, 2.45) is 7.05 Å². The number of aromatic nitrogens is 4. The number of nitrogens with zero attached hydrogens (tertiary/aromatic N) is 3. The lowest BCUT2D eigenvalue weighted by Crippen LogP contribution is -2.29. The fourth-order valence-electron chi connectivity index (χ4n) is 2.47. The van der Waals surface area contributed by atoms with Crippen LogP contribution >= 0.6 is 0 Å². The molecule has 0 spiro atoms. The molecule has 0 aliphatic carbocycles. The summed E-state index contributed by atoms with van der Waals surface area (Å²) >= 11 is 0. The van der Waals surface area contributed by atoms with Gasteiger partial charge in [-0.25, -0.2) is 0 Å². The highest BCUT2D eigenvalue weighted by atomic mass is 16.2. The lowest BCUT2D eigenvalue weighted by molar-refractivity contribution is 0.0930. The van der Waals surface area contributed by atoms with Gasteiger partial charge < -0.3 is 5.32 Å². The molecule has 0 aliphatic rings. The van der Waals surface area contributed by atoms with Gasteiger partial charge >= 0.3 is 0 Å². The number of H-pyrrole nitrogens is 1. The molecule has 21 heavy (non-hydrogen) atoms. The smallest absolute Gasteiger partial charge is 0.272 e. The highest BCUT2D eigenvalue weighted by molar-refractivity contribution is 6.04. The average molecular weight is 283 g/mol. The van der Waals surface area contributed by atoms with Crippen LogP contribution in [0.1, 0.15) is 35.6 Å². The summed E-state index contributed by atoms with van der Waals surface area (Å²) in [6, 6.07) is 9.42. The number of amides is 1. The van der Waals surface area contributed by atoms with Crippen LogP contribution < -0.4 is 5.32 Å². The van der Waals surface area contributed by atoms with Gasteiger partial charge in [-0.2, -0.15) is 10.2 Å². The Balaban J connectivity index is 1.87. The number of benzene rings is 1. The lowest BCUT2D eigenvalue weighted by atomic mass is 10.1. The first kappa shape index (κ1) is 13.4. The molecular weight excluding hydrogens is 266 g/mol. The molecular formula is C15H17N5O. The van der Waals surface area contributed by atoms with E-state index in [1.54, 1.807) is 10.9 Å². The molecule has 1 amide bonds. The predicted octanol–water partition coefficient (Wildman–Crippen LogP) is 2.18. The lowest BCUT2D eigenvalue weighted by Gasteiger charge is -2.16. The molecule has 1 atom stereocenters. The first-order valence-electron chi connectivity index (χ1n) is 6.92. The number of hydrogen-bond acceptors (Lipinski definition) is 3. The van der Waals surface area contributed by atoms with E-state index < -0.39 is 0 Å². The number of nitrogens with one attached hydrogen (secondary N) is 2. The maximum Gasteiger partial charge on any atom is 0.272 e. The van der Waals surface area contributed by atoms with Crippen molar-refractivity contribution in [3.63, 3.8) is 0 Å². The van der Waals surface area contributed by atoms with Crippen LogP contribution in [0.4, 0.5) is 0 Å². The summed E-state index contributed by atoms with van der Waals surface area (Å²) in [4.78, 5) is 12.5. The van der Waals surface area contributed by atoms with Crippen LogP contribution in [0.3, 0.4) is 0 Å². The average Bonchev–Trinajstić information content (AvgIpc) is 3.11. The fourth-order valence-corrected chi connectivity index (χ4v) is 2.47. The topological polar surface area (TPSA) is 75.6 Å². The first-order valence-corrected chi connectivity index (χ1v) is 6.92. The molecule has 0 saturated carbocycles. The zero-order valence-corrected chi connectivity index (χ0v) is 12.0. The number of carbonyl (C=O) groups excluding carboxylic acids is 1. The molecule has 1 unspecified atom stereocenters. The number of fused-ring (bicyclic) bond motifs is 1. The van der Waals surface area contributed by atoms with Gasteiger partial charge in [-0.3, -0.25) is 14.6 Å². The van der Waals surface area contributed by atoms with Gasteiger partial charge in [-0.1, -0.05) is 25.1 Å². The van der Waals surface area contributed by atoms with E-state index in [1.165, 1.54) is 0 Å². The summed E-state index contributed by atoms with van der Waals surface area (Å²) < 4.78 is 1.77. The Morgan fingerprint density at radius 1 is 1.38 bits per heavy atom. The van der Waals surface area contributed by atoms with Crippen molar-refractivity contribution in [1.29, 1.82) is 0 Å². The summed E-state index contributed by atoms with van der Waals surface area (Å²) in [5.41, 5.74) is 2.26. The molecule has 6 nitrogen and oxygen atoms in total. The van der Waals surface area contributed by atoms with Gasteiger partial charge in [0.1, 0.15) is 0 Å². The van der Waals surface area contributed by atoms with E-state index in [2.05, 4.69) is 20.6 Å². The third kappa shape index (κ3) is 2.40. The van der Waals surface area contributed by atoms with Gasteiger partial charge in [0.2, 0.25) is 0 Å². The second-order valence-electron chi connectivity index (χ2n) is 4.93. The second-order valence-corrected chi connectivity index (χ2v) is 4.93. The molecule has 0 fully saturated rings. The van der Waals surface area contributed by atoms with E-state index in [-0.39, 0.29) is 11.9 Å². The van der Waals surface area contributed by atoms with E-state index >= 15 is 0 Å². The number of rotatable bonds is 4. The van der Waals surface area contributed by atoms with Crippen molar-refractivity contribution in [2.75, 3.05) is 0 Å². The molecule has 3 aromatic rings. The Morgan fingerprint density at radius 2 is 2.19 bits per heavy atom. The SMILES string of the molecule is CCC(NC(=O)c1n[nH]c2ccccc12)c1ccnn1C. The maximum atomic E-state index is 12.5. The highest BCUT2D eigenvalue weighted by Crippen LogP contribution is 2.19. The highest BCUT2D eigenvalue weighted by Gasteiger charge is 2.20. The summed E-state index contributed by atoms with van der Waals surface area (Å²) in [5.74, 6) is -0.180. The first-order chi connectivity index (χ1) is 10.2. The molecule has 2 N–H and O–H groups in total.